The van der Waals surface area contributed by atoms with Crippen LogP contribution in [0.2, 0.25) is 0 Å². The van der Waals surface area contributed by atoms with Gasteiger partial charge < -0.3 is 23.8 Å². The van der Waals surface area contributed by atoms with E-state index in [4.69, 9.17) is 18.9 Å². The number of benzene rings is 3. The SMILES string of the molecule is COc1cc2c(cc1OC)[C@@H](COc1cc(C)cc(C)c1)N(C(=O)c1ccc(S(=O)(=O)N3CCOCC3)cc1)CC2. The first-order chi connectivity index (χ1) is 19.7. The molecule has 2 heterocycles. The number of amides is 1. The molecular weight excluding hydrogens is 544 g/mol. The number of ether oxygens (including phenoxy) is 4. The molecule has 9 nitrogen and oxygen atoms in total. The van der Waals surface area contributed by atoms with Crippen molar-refractivity contribution >= 4 is 15.9 Å². The van der Waals surface area contributed by atoms with Gasteiger partial charge in [0.25, 0.3) is 5.91 Å². The van der Waals surface area contributed by atoms with Gasteiger partial charge in [0, 0.05) is 25.2 Å². The third-order valence-corrected chi connectivity index (χ3v) is 9.49. The van der Waals surface area contributed by atoms with Gasteiger partial charge in [-0.05, 0) is 91.1 Å². The summed E-state index contributed by atoms with van der Waals surface area (Å²) in [7, 11) is -0.468. The Labute approximate surface area is 241 Å². The van der Waals surface area contributed by atoms with Crippen molar-refractivity contribution in [1.29, 1.82) is 0 Å². The van der Waals surface area contributed by atoms with Crippen LogP contribution in [0.3, 0.4) is 0 Å². The summed E-state index contributed by atoms with van der Waals surface area (Å²) in [5.41, 5.74) is 4.59. The zero-order valence-corrected chi connectivity index (χ0v) is 24.7. The molecular formula is C31H36N2O7S. The highest BCUT2D eigenvalue weighted by Crippen LogP contribution is 2.39. The van der Waals surface area contributed by atoms with Crippen LogP contribution in [-0.2, 0) is 21.2 Å². The summed E-state index contributed by atoms with van der Waals surface area (Å²) in [5, 5.41) is 0. The molecule has 0 aromatic heterocycles. The summed E-state index contributed by atoms with van der Waals surface area (Å²) >= 11 is 0. The highest BCUT2D eigenvalue weighted by Gasteiger charge is 2.34. The van der Waals surface area contributed by atoms with E-state index < -0.39 is 16.1 Å². The largest absolute Gasteiger partial charge is 0.493 e. The summed E-state index contributed by atoms with van der Waals surface area (Å²) in [6, 6.07) is 15.7. The zero-order valence-electron chi connectivity index (χ0n) is 23.9. The van der Waals surface area contributed by atoms with Gasteiger partial charge in [0.1, 0.15) is 12.4 Å². The van der Waals surface area contributed by atoms with E-state index in [9.17, 15) is 13.2 Å². The van der Waals surface area contributed by atoms with Gasteiger partial charge in [0.15, 0.2) is 11.5 Å². The topological polar surface area (TPSA) is 94.6 Å². The molecule has 3 aromatic carbocycles. The monoisotopic (exact) mass is 580 g/mol. The van der Waals surface area contributed by atoms with Gasteiger partial charge in [-0.2, -0.15) is 4.31 Å². The molecule has 0 saturated carbocycles. The lowest BCUT2D eigenvalue weighted by atomic mass is 9.91. The van der Waals surface area contributed by atoms with E-state index in [-0.39, 0.29) is 17.4 Å². The van der Waals surface area contributed by atoms with E-state index in [2.05, 4.69) is 6.07 Å². The number of sulfonamides is 1. The van der Waals surface area contributed by atoms with Gasteiger partial charge in [-0.3, -0.25) is 4.79 Å². The Balaban J connectivity index is 1.45. The first-order valence-corrected chi connectivity index (χ1v) is 15.1. The molecule has 10 heteroatoms. The molecule has 218 valence electrons. The predicted molar refractivity (Wildman–Crippen MR) is 154 cm³/mol. The van der Waals surface area contributed by atoms with E-state index in [0.717, 1.165) is 28.0 Å². The number of carbonyl (C=O) groups excluding carboxylic acids is 1. The lowest BCUT2D eigenvalue weighted by Crippen LogP contribution is -2.42. The van der Waals surface area contributed by atoms with Crippen molar-refractivity contribution in [2.45, 2.75) is 31.2 Å². The second-order valence-corrected chi connectivity index (χ2v) is 12.3. The van der Waals surface area contributed by atoms with Crippen molar-refractivity contribution in [3.8, 4) is 17.2 Å². The Hall–Kier alpha value is -3.60. The highest BCUT2D eigenvalue weighted by atomic mass is 32.2. The van der Waals surface area contributed by atoms with Crippen molar-refractivity contribution in [2.75, 3.05) is 53.7 Å². The first kappa shape index (κ1) is 28.9. The normalized spacial score (nSPS) is 17.6. The van der Waals surface area contributed by atoms with E-state index in [1.807, 2.05) is 38.1 Å². The highest BCUT2D eigenvalue weighted by molar-refractivity contribution is 7.89. The molecule has 1 amide bonds. The van der Waals surface area contributed by atoms with Gasteiger partial charge in [0.05, 0.1) is 38.4 Å². The maximum absolute atomic E-state index is 13.9. The molecule has 0 unspecified atom stereocenters. The fraction of sp³-hybridized carbons (Fsp3) is 0.387. The molecule has 1 atom stereocenters. The van der Waals surface area contributed by atoms with Crippen molar-refractivity contribution in [3.63, 3.8) is 0 Å². The molecule has 2 aliphatic heterocycles. The van der Waals surface area contributed by atoms with Crippen LogP contribution < -0.4 is 14.2 Å². The molecule has 5 rings (SSSR count). The number of aryl methyl sites for hydroxylation is 2. The number of morpholine rings is 1. The molecule has 0 bridgehead atoms. The van der Waals surface area contributed by atoms with E-state index >= 15 is 0 Å². The summed E-state index contributed by atoms with van der Waals surface area (Å²) in [6.45, 7) is 6.11. The molecule has 41 heavy (non-hydrogen) atoms. The van der Waals surface area contributed by atoms with Crippen LogP contribution in [0, 0.1) is 13.8 Å². The lowest BCUT2D eigenvalue weighted by molar-refractivity contribution is 0.0589. The average Bonchev–Trinajstić information content (AvgIpc) is 2.98. The Kier molecular flexibility index (Phi) is 8.53. The van der Waals surface area contributed by atoms with Crippen LogP contribution in [0.4, 0.5) is 0 Å². The van der Waals surface area contributed by atoms with Gasteiger partial charge in [0.2, 0.25) is 10.0 Å². The fourth-order valence-corrected chi connectivity index (χ4v) is 6.92. The van der Waals surface area contributed by atoms with Crippen LogP contribution in [0.1, 0.15) is 38.7 Å². The smallest absolute Gasteiger partial charge is 0.254 e. The number of methoxy groups -OCH3 is 2. The van der Waals surface area contributed by atoms with Gasteiger partial charge in [-0.25, -0.2) is 8.42 Å². The standard InChI is InChI=1S/C31H36N2O7S/c1-21-15-22(2)17-25(16-21)40-20-28-27-19-30(38-4)29(37-3)18-24(27)9-10-33(28)31(34)23-5-7-26(8-6-23)41(35,36)32-11-13-39-14-12-32/h5-8,15-19,28H,9-14,20H2,1-4H3/t28-/m1/s1. The van der Waals surface area contributed by atoms with Gasteiger partial charge >= 0.3 is 0 Å². The van der Waals surface area contributed by atoms with Crippen LogP contribution >= 0.6 is 0 Å². The van der Waals surface area contributed by atoms with E-state index in [1.165, 1.54) is 16.4 Å². The minimum atomic E-state index is -3.66. The number of rotatable bonds is 8. The summed E-state index contributed by atoms with van der Waals surface area (Å²) < 4.78 is 50.2. The number of hydrogen-bond acceptors (Lipinski definition) is 7. The fourth-order valence-electron chi connectivity index (χ4n) is 5.51. The second kappa shape index (κ2) is 12.1. The maximum Gasteiger partial charge on any atom is 0.254 e. The number of carbonyl (C=O) groups is 1. The molecule has 0 spiro atoms. The van der Waals surface area contributed by atoms with Crippen LogP contribution in [0.25, 0.3) is 0 Å². The van der Waals surface area contributed by atoms with Crippen molar-refractivity contribution in [1.82, 2.24) is 9.21 Å². The molecule has 1 fully saturated rings. The molecule has 0 aliphatic carbocycles. The quantitative estimate of drug-likeness (QED) is 0.395. The molecule has 0 N–H and O–H groups in total. The third-order valence-electron chi connectivity index (χ3n) is 7.58. The predicted octanol–water partition coefficient (Wildman–Crippen LogP) is 4.16. The molecule has 2 aliphatic rings. The second-order valence-electron chi connectivity index (χ2n) is 10.3. The van der Waals surface area contributed by atoms with Crippen LogP contribution in [-0.4, -0.2) is 77.2 Å². The minimum absolute atomic E-state index is 0.159. The van der Waals surface area contributed by atoms with E-state index in [1.54, 1.807) is 31.3 Å². The van der Waals surface area contributed by atoms with Gasteiger partial charge in [-0.15, -0.1) is 0 Å². The van der Waals surface area contributed by atoms with Crippen molar-refractivity contribution in [2.24, 2.45) is 0 Å². The maximum atomic E-state index is 13.9. The minimum Gasteiger partial charge on any atom is -0.493 e. The molecule has 0 radical (unpaired) electrons. The van der Waals surface area contributed by atoms with Crippen molar-refractivity contribution in [3.05, 3.63) is 82.4 Å². The van der Waals surface area contributed by atoms with Crippen LogP contribution in [0.15, 0.2) is 59.5 Å². The van der Waals surface area contributed by atoms with Gasteiger partial charge in [-0.1, -0.05) is 6.07 Å². The molecule has 3 aromatic rings. The van der Waals surface area contributed by atoms with E-state index in [0.29, 0.717) is 56.3 Å². The Morgan fingerprint density at radius 3 is 2.17 bits per heavy atom. The Morgan fingerprint density at radius 1 is 0.902 bits per heavy atom. The third kappa shape index (κ3) is 6.05. The Bertz CT molecular complexity index is 1500. The lowest BCUT2D eigenvalue weighted by Gasteiger charge is -2.37. The summed E-state index contributed by atoms with van der Waals surface area (Å²) in [4.78, 5) is 15.9. The number of fused-ring (bicyclic) bond motifs is 1. The molecule has 1 saturated heterocycles. The average molecular weight is 581 g/mol. The zero-order chi connectivity index (χ0) is 29.1. The first-order valence-electron chi connectivity index (χ1n) is 13.7. The summed E-state index contributed by atoms with van der Waals surface area (Å²) in [6.07, 6.45) is 0.630. The number of nitrogens with zero attached hydrogens (tertiary/aromatic N) is 2. The summed E-state index contributed by atoms with van der Waals surface area (Å²) in [5.74, 6) is 1.75. The van der Waals surface area contributed by atoms with Crippen LogP contribution in [0.5, 0.6) is 17.2 Å². The van der Waals surface area contributed by atoms with Crippen molar-refractivity contribution < 1.29 is 32.2 Å². The Morgan fingerprint density at radius 2 is 1.54 bits per heavy atom. The number of hydrogen-bond donors (Lipinski definition) is 0.